The van der Waals surface area contributed by atoms with Gasteiger partial charge in [0.25, 0.3) is 0 Å². The van der Waals surface area contributed by atoms with Gasteiger partial charge in [-0.1, -0.05) is 6.92 Å². The molecule has 0 radical (unpaired) electrons. The maximum absolute atomic E-state index is 12.1. The number of aliphatic carboxylic acids is 1. The Kier molecular flexibility index (Phi) is 4.45. The van der Waals surface area contributed by atoms with Crippen molar-refractivity contribution >= 4 is 11.9 Å². The van der Waals surface area contributed by atoms with Crippen LogP contribution >= 0.6 is 0 Å². The van der Waals surface area contributed by atoms with Gasteiger partial charge < -0.3 is 14.7 Å². The molecule has 0 saturated carbocycles. The molecule has 0 aromatic carbocycles. The predicted molar refractivity (Wildman–Crippen MR) is 69.7 cm³/mol. The lowest BCUT2D eigenvalue weighted by molar-refractivity contribution is -0.154. The zero-order valence-electron chi connectivity index (χ0n) is 11.6. The molecule has 0 aromatic rings. The normalized spacial score (nSPS) is 26.4. The van der Waals surface area contributed by atoms with Crippen molar-refractivity contribution in [2.24, 2.45) is 11.3 Å². The number of nitrogens with zero attached hydrogens (tertiary/aromatic N) is 1. The topological polar surface area (TPSA) is 66.8 Å². The number of amides is 1. The number of rotatable bonds is 4. The van der Waals surface area contributed by atoms with Crippen LogP contribution < -0.4 is 0 Å². The zero-order chi connectivity index (χ0) is 13.9. The van der Waals surface area contributed by atoms with E-state index in [9.17, 15) is 14.7 Å². The van der Waals surface area contributed by atoms with Crippen LogP contribution in [0.3, 0.4) is 0 Å². The smallest absolute Gasteiger partial charge is 0.309 e. The van der Waals surface area contributed by atoms with E-state index in [0.29, 0.717) is 51.3 Å². The van der Waals surface area contributed by atoms with E-state index < -0.39 is 11.4 Å². The van der Waals surface area contributed by atoms with Gasteiger partial charge in [0.15, 0.2) is 0 Å². The van der Waals surface area contributed by atoms with Gasteiger partial charge in [-0.25, -0.2) is 0 Å². The fourth-order valence-corrected chi connectivity index (χ4v) is 3.02. The molecule has 2 aliphatic heterocycles. The third-order valence-corrected chi connectivity index (χ3v) is 4.69. The Labute approximate surface area is 113 Å². The Balaban J connectivity index is 1.85. The van der Waals surface area contributed by atoms with Crippen LogP contribution in [0.2, 0.25) is 0 Å². The van der Waals surface area contributed by atoms with E-state index in [2.05, 4.69) is 0 Å². The summed E-state index contributed by atoms with van der Waals surface area (Å²) in [5.74, 6) is -0.207. The molecule has 1 amide bonds. The Morgan fingerprint density at radius 3 is 2.53 bits per heavy atom. The minimum Gasteiger partial charge on any atom is -0.481 e. The van der Waals surface area contributed by atoms with Crippen LogP contribution in [-0.4, -0.2) is 48.2 Å². The lowest BCUT2D eigenvalue weighted by Crippen LogP contribution is -2.46. The number of carbonyl (C=O) groups excluding carboxylic acids is 1. The first-order valence-corrected chi connectivity index (χ1v) is 7.16. The fourth-order valence-electron chi connectivity index (χ4n) is 3.02. The number of carboxylic acid groups (broad SMARTS) is 1. The van der Waals surface area contributed by atoms with E-state index in [1.807, 2.05) is 11.8 Å². The van der Waals surface area contributed by atoms with Crippen molar-refractivity contribution in [1.29, 1.82) is 0 Å². The molecule has 2 rings (SSSR count). The largest absolute Gasteiger partial charge is 0.481 e. The van der Waals surface area contributed by atoms with Gasteiger partial charge >= 0.3 is 5.97 Å². The highest BCUT2D eigenvalue weighted by Gasteiger charge is 2.40. The molecular weight excluding hydrogens is 246 g/mol. The SMILES string of the molecule is CCC1(C(=O)O)CCN(C(=O)C[C@@H]2CCOC2)CC1. The number of carboxylic acids is 1. The fraction of sp³-hybridized carbons (Fsp3) is 0.857. The van der Waals surface area contributed by atoms with Crippen molar-refractivity contribution in [3.05, 3.63) is 0 Å². The molecule has 5 nitrogen and oxygen atoms in total. The maximum Gasteiger partial charge on any atom is 0.309 e. The van der Waals surface area contributed by atoms with Crippen LogP contribution in [0.1, 0.15) is 39.0 Å². The highest BCUT2D eigenvalue weighted by molar-refractivity contribution is 5.78. The van der Waals surface area contributed by atoms with Crippen LogP contribution in [0.25, 0.3) is 0 Å². The van der Waals surface area contributed by atoms with Gasteiger partial charge in [-0.05, 0) is 31.6 Å². The van der Waals surface area contributed by atoms with Gasteiger partial charge in [-0.15, -0.1) is 0 Å². The van der Waals surface area contributed by atoms with Crippen molar-refractivity contribution in [3.63, 3.8) is 0 Å². The Hall–Kier alpha value is -1.10. The van der Waals surface area contributed by atoms with Crippen molar-refractivity contribution < 1.29 is 19.4 Å². The third-order valence-electron chi connectivity index (χ3n) is 4.69. The van der Waals surface area contributed by atoms with Crippen LogP contribution in [0, 0.1) is 11.3 Å². The molecule has 2 aliphatic rings. The van der Waals surface area contributed by atoms with Gasteiger partial charge in [0.2, 0.25) is 5.91 Å². The quantitative estimate of drug-likeness (QED) is 0.840. The summed E-state index contributed by atoms with van der Waals surface area (Å²) in [6.07, 6.45) is 3.30. The molecular formula is C14H23NO4. The van der Waals surface area contributed by atoms with Crippen molar-refractivity contribution in [3.8, 4) is 0 Å². The molecule has 0 unspecified atom stereocenters. The Morgan fingerprint density at radius 1 is 1.37 bits per heavy atom. The first-order valence-electron chi connectivity index (χ1n) is 7.16. The van der Waals surface area contributed by atoms with Gasteiger partial charge in [-0.2, -0.15) is 0 Å². The van der Waals surface area contributed by atoms with Crippen LogP contribution in [0.4, 0.5) is 0 Å². The molecule has 0 aliphatic carbocycles. The van der Waals surface area contributed by atoms with Gasteiger partial charge in [0.05, 0.1) is 5.41 Å². The second-order valence-electron chi connectivity index (χ2n) is 5.75. The highest BCUT2D eigenvalue weighted by atomic mass is 16.5. The summed E-state index contributed by atoms with van der Waals surface area (Å²) in [5.41, 5.74) is -0.618. The molecule has 1 N–H and O–H groups in total. The summed E-state index contributed by atoms with van der Waals surface area (Å²) in [6.45, 7) is 4.52. The molecule has 1 atom stereocenters. The second-order valence-corrected chi connectivity index (χ2v) is 5.75. The average molecular weight is 269 g/mol. The predicted octanol–water partition coefficient (Wildman–Crippen LogP) is 1.52. The van der Waals surface area contributed by atoms with E-state index in [-0.39, 0.29) is 5.91 Å². The number of likely N-dealkylation sites (tertiary alicyclic amines) is 1. The highest BCUT2D eigenvalue weighted by Crippen LogP contribution is 2.35. The summed E-state index contributed by atoms with van der Waals surface area (Å²) in [4.78, 5) is 25.3. The lowest BCUT2D eigenvalue weighted by atomic mass is 9.76. The molecule has 2 saturated heterocycles. The molecule has 2 fully saturated rings. The Morgan fingerprint density at radius 2 is 2.05 bits per heavy atom. The summed E-state index contributed by atoms with van der Waals surface area (Å²) < 4.78 is 5.28. The standard InChI is InChI=1S/C14H23NO4/c1-2-14(13(17)18)4-6-15(7-5-14)12(16)9-11-3-8-19-10-11/h11H,2-10H2,1H3,(H,17,18)/t11-/m0/s1. The average Bonchev–Trinajstić information content (AvgIpc) is 2.91. The second kappa shape index (κ2) is 5.90. The van der Waals surface area contributed by atoms with Crippen molar-refractivity contribution in [2.45, 2.75) is 39.0 Å². The number of piperidine rings is 1. The Bertz CT molecular complexity index is 341. The monoisotopic (exact) mass is 269 g/mol. The van der Waals surface area contributed by atoms with E-state index in [0.717, 1.165) is 13.0 Å². The van der Waals surface area contributed by atoms with E-state index >= 15 is 0 Å². The molecule has 108 valence electrons. The molecule has 0 bridgehead atoms. The maximum atomic E-state index is 12.1. The summed E-state index contributed by atoms with van der Waals surface area (Å²) in [7, 11) is 0. The zero-order valence-corrected chi connectivity index (χ0v) is 11.6. The first kappa shape index (κ1) is 14.3. The number of ether oxygens (including phenoxy) is 1. The van der Waals surface area contributed by atoms with Gasteiger partial charge in [0, 0.05) is 32.7 Å². The summed E-state index contributed by atoms with van der Waals surface area (Å²) in [6, 6.07) is 0. The minimum atomic E-state index is -0.716. The first-order chi connectivity index (χ1) is 9.07. The van der Waals surface area contributed by atoms with Gasteiger partial charge in [-0.3, -0.25) is 9.59 Å². The lowest BCUT2D eigenvalue weighted by Gasteiger charge is -2.38. The van der Waals surface area contributed by atoms with Crippen LogP contribution in [0.5, 0.6) is 0 Å². The molecule has 19 heavy (non-hydrogen) atoms. The molecule has 0 aromatic heterocycles. The third kappa shape index (κ3) is 3.08. The van der Waals surface area contributed by atoms with Crippen LogP contribution in [0.15, 0.2) is 0 Å². The number of carbonyl (C=O) groups is 2. The number of hydrogen-bond donors (Lipinski definition) is 1. The summed E-state index contributed by atoms with van der Waals surface area (Å²) >= 11 is 0. The van der Waals surface area contributed by atoms with Gasteiger partial charge in [0.1, 0.15) is 0 Å². The minimum absolute atomic E-state index is 0.158. The summed E-state index contributed by atoms with van der Waals surface area (Å²) in [5, 5.41) is 9.32. The van der Waals surface area contributed by atoms with E-state index in [1.54, 1.807) is 0 Å². The van der Waals surface area contributed by atoms with Crippen LogP contribution in [-0.2, 0) is 14.3 Å². The molecule has 0 spiro atoms. The van der Waals surface area contributed by atoms with Crippen molar-refractivity contribution in [1.82, 2.24) is 4.90 Å². The van der Waals surface area contributed by atoms with Crippen molar-refractivity contribution in [2.75, 3.05) is 26.3 Å². The molecule has 2 heterocycles. The molecule has 5 heteroatoms. The number of hydrogen-bond acceptors (Lipinski definition) is 3. The van der Waals surface area contributed by atoms with E-state index in [4.69, 9.17) is 4.74 Å². The van der Waals surface area contributed by atoms with E-state index in [1.165, 1.54) is 0 Å².